The number of rotatable bonds is 11. The third-order valence-electron chi connectivity index (χ3n) is 5.13. The summed E-state index contributed by atoms with van der Waals surface area (Å²) in [5, 5.41) is 0. The van der Waals surface area contributed by atoms with Gasteiger partial charge in [0.1, 0.15) is 5.75 Å². The zero-order chi connectivity index (χ0) is 17.9. The highest BCUT2D eigenvalue weighted by molar-refractivity contribution is 5.99. The van der Waals surface area contributed by atoms with Crippen molar-refractivity contribution in [3.63, 3.8) is 0 Å². The van der Waals surface area contributed by atoms with Crippen LogP contribution in [0.1, 0.15) is 83.6 Å². The summed E-state index contributed by atoms with van der Waals surface area (Å²) >= 11 is 0. The van der Waals surface area contributed by atoms with Gasteiger partial charge in [0.15, 0.2) is 5.78 Å². The van der Waals surface area contributed by atoms with Crippen molar-refractivity contribution < 1.29 is 9.53 Å². The highest BCUT2D eigenvalue weighted by Crippen LogP contribution is 2.31. The molecule has 0 bridgehead atoms. The summed E-state index contributed by atoms with van der Waals surface area (Å²) in [6.45, 7) is 5.22. The quantitative estimate of drug-likeness (QED) is 0.424. The Morgan fingerprint density at radius 1 is 0.960 bits per heavy atom. The number of allylic oxidation sites excluding steroid dienone is 2. The third kappa shape index (κ3) is 6.68. The topological polar surface area (TPSA) is 26.3 Å². The van der Waals surface area contributed by atoms with Crippen LogP contribution in [0.5, 0.6) is 5.75 Å². The zero-order valence-corrected chi connectivity index (χ0v) is 16.1. The molecule has 2 heteroatoms. The van der Waals surface area contributed by atoms with Gasteiger partial charge in [-0.2, -0.15) is 0 Å². The monoisotopic (exact) mass is 342 g/mol. The van der Waals surface area contributed by atoms with Gasteiger partial charge in [0, 0.05) is 5.92 Å². The molecule has 1 aliphatic carbocycles. The van der Waals surface area contributed by atoms with E-state index in [1.165, 1.54) is 49.7 Å². The van der Waals surface area contributed by atoms with Crippen molar-refractivity contribution in [3.05, 3.63) is 35.9 Å². The van der Waals surface area contributed by atoms with Gasteiger partial charge in [-0.15, -0.1) is 0 Å². The van der Waals surface area contributed by atoms with Crippen LogP contribution in [-0.2, 0) is 4.79 Å². The Labute approximate surface area is 153 Å². The van der Waals surface area contributed by atoms with Crippen molar-refractivity contribution in [3.8, 4) is 5.75 Å². The van der Waals surface area contributed by atoms with Crippen molar-refractivity contribution in [1.82, 2.24) is 0 Å². The highest BCUT2D eigenvalue weighted by Gasteiger charge is 2.22. The second-order valence-electron chi connectivity index (χ2n) is 7.24. The molecule has 0 aliphatic heterocycles. The molecule has 0 saturated carbocycles. The van der Waals surface area contributed by atoms with Crippen LogP contribution in [0, 0.1) is 5.92 Å². The average Bonchev–Trinajstić information content (AvgIpc) is 2.63. The molecule has 138 valence electrons. The number of ketones is 1. The van der Waals surface area contributed by atoms with Crippen LogP contribution >= 0.6 is 0 Å². The number of hydrogen-bond acceptors (Lipinski definition) is 2. The van der Waals surface area contributed by atoms with E-state index in [9.17, 15) is 4.79 Å². The standard InChI is InChI=1S/C23H34O2/c1-3-5-7-9-17-25-22-15-13-19(14-16-22)21-12-11-20(23(24)18-21)10-8-6-4-2/h13-16,18,20H,3-12,17H2,1-2H3. The second kappa shape index (κ2) is 11.1. The summed E-state index contributed by atoms with van der Waals surface area (Å²) in [6.07, 6.45) is 13.5. The van der Waals surface area contributed by atoms with Gasteiger partial charge in [0.05, 0.1) is 6.61 Å². The van der Waals surface area contributed by atoms with E-state index in [0.717, 1.165) is 38.0 Å². The predicted octanol–water partition coefficient (Wildman–Crippen LogP) is 6.59. The molecular weight excluding hydrogens is 308 g/mol. The van der Waals surface area contributed by atoms with Crippen LogP contribution in [0.3, 0.4) is 0 Å². The molecule has 0 heterocycles. The van der Waals surface area contributed by atoms with Gasteiger partial charge < -0.3 is 4.74 Å². The maximum absolute atomic E-state index is 12.4. The van der Waals surface area contributed by atoms with Crippen LogP contribution in [-0.4, -0.2) is 12.4 Å². The number of hydrogen-bond donors (Lipinski definition) is 0. The fraction of sp³-hybridized carbons (Fsp3) is 0.609. The SMILES string of the molecule is CCCCCCOc1ccc(C2=CC(=O)C(CCCCC)CC2)cc1. The predicted molar refractivity (Wildman–Crippen MR) is 106 cm³/mol. The Hall–Kier alpha value is -1.57. The highest BCUT2D eigenvalue weighted by atomic mass is 16.5. The normalized spacial score (nSPS) is 17.4. The third-order valence-corrected chi connectivity index (χ3v) is 5.13. The number of unbranched alkanes of at least 4 members (excludes halogenated alkanes) is 5. The molecule has 1 aliphatic rings. The van der Waals surface area contributed by atoms with E-state index in [-0.39, 0.29) is 5.92 Å². The minimum absolute atomic E-state index is 0.251. The molecule has 1 aromatic rings. The number of ether oxygens (including phenoxy) is 1. The van der Waals surface area contributed by atoms with Gasteiger partial charge in [-0.25, -0.2) is 0 Å². The first-order valence-electron chi connectivity index (χ1n) is 10.2. The van der Waals surface area contributed by atoms with E-state index in [0.29, 0.717) is 5.78 Å². The van der Waals surface area contributed by atoms with Crippen molar-refractivity contribution in [2.45, 2.75) is 78.1 Å². The van der Waals surface area contributed by atoms with Crippen molar-refractivity contribution in [1.29, 1.82) is 0 Å². The smallest absolute Gasteiger partial charge is 0.159 e. The molecule has 1 unspecified atom stereocenters. The zero-order valence-electron chi connectivity index (χ0n) is 16.1. The summed E-state index contributed by atoms with van der Waals surface area (Å²) in [6, 6.07) is 8.26. The molecule has 1 atom stereocenters. The number of benzene rings is 1. The summed E-state index contributed by atoms with van der Waals surface area (Å²) in [5.74, 6) is 1.51. The summed E-state index contributed by atoms with van der Waals surface area (Å²) in [7, 11) is 0. The molecule has 0 N–H and O–H groups in total. The van der Waals surface area contributed by atoms with E-state index in [1.54, 1.807) is 0 Å². The molecule has 1 aromatic carbocycles. The number of carbonyl (C=O) groups is 1. The molecule has 2 nitrogen and oxygen atoms in total. The molecule has 25 heavy (non-hydrogen) atoms. The lowest BCUT2D eigenvalue weighted by atomic mass is 9.83. The molecule has 2 rings (SSSR count). The molecule has 0 spiro atoms. The Bertz CT molecular complexity index is 542. The lowest BCUT2D eigenvalue weighted by Gasteiger charge is -2.21. The summed E-state index contributed by atoms with van der Waals surface area (Å²) in [4.78, 5) is 12.4. The Kier molecular flexibility index (Phi) is 8.79. The van der Waals surface area contributed by atoms with Crippen LogP contribution in [0.4, 0.5) is 0 Å². The first-order chi connectivity index (χ1) is 12.2. The molecule has 0 amide bonds. The van der Waals surface area contributed by atoms with Gasteiger partial charge in [-0.05, 0) is 55.0 Å². The van der Waals surface area contributed by atoms with Crippen molar-refractivity contribution in [2.24, 2.45) is 5.92 Å². The van der Waals surface area contributed by atoms with Gasteiger partial charge in [-0.3, -0.25) is 4.79 Å². The lowest BCUT2D eigenvalue weighted by molar-refractivity contribution is -0.118. The van der Waals surface area contributed by atoms with Gasteiger partial charge in [0.25, 0.3) is 0 Å². The first kappa shape index (κ1) is 19.8. The van der Waals surface area contributed by atoms with Crippen molar-refractivity contribution in [2.75, 3.05) is 6.61 Å². The fourth-order valence-corrected chi connectivity index (χ4v) is 3.47. The van der Waals surface area contributed by atoms with E-state index in [1.807, 2.05) is 18.2 Å². The maximum Gasteiger partial charge on any atom is 0.159 e. The summed E-state index contributed by atoms with van der Waals surface area (Å²) < 4.78 is 5.80. The van der Waals surface area contributed by atoms with E-state index < -0.39 is 0 Å². The van der Waals surface area contributed by atoms with Crippen molar-refractivity contribution >= 4 is 11.4 Å². The van der Waals surface area contributed by atoms with E-state index >= 15 is 0 Å². The van der Waals surface area contributed by atoms with Crippen LogP contribution in [0.2, 0.25) is 0 Å². The maximum atomic E-state index is 12.4. The molecular formula is C23H34O2. The van der Waals surface area contributed by atoms with Crippen LogP contribution < -0.4 is 4.74 Å². The molecule has 0 radical (unpaired) electrons. The largest absolute Gasteiger partial charge is 0.494 e. The van der Waals surface area contributed by atoms with Gasteiger partial charge >= 0.3 is 0 Å². The van der Waals surface area contributed by atoms with Gasteiger partial charge in [-0.1, -0.05) is 64.5 Å². The fourth-order valence-electron chi connectivity index (χ4n) is 3.47. The number of carbonyl (C=O) groups excluding carboxylic acids is 1. The van der Waals surface area contributed by atoms with Gasteiger partial charge in [0.2, 0.25) is 0 Å². The van der Waals surface area contributed by atoms with Crippen LogP contribution in [0.25, 0.3) is 5.57 Å². The average molecular weight is 343 g/mol. The Morgan fingerprint density at radius 2 is 1.68 bits per heavy atom. The molecule has 0 fully saturated rings. The van der Waals surface area contributed by atoms with E-state index in [2.05, 4.69) is 26.0 Å². The first-order valence-corrected chi connectivity index (χ1v) is 10.2. The lowest BCUT2D eigenvalue weighted by Crippen LogP contribution is -2.17. The minimum atomic E-state index is 0.251. The molecule has 0 aromatic heterocycles. The minimum Gasteiger partial charge on any atom is -0.494 e. The Morgan fingerprint density at radius 3 is 2.36 bits per heavy atom. The second-order valence-corrected chi connectivity index (χ2v) is 7.24. The van der Waals surface area contributed by atoms with Crippen LogP contribution in [0.15, 0.2) is 30.3 Å². The van der Waals surface area contributed by atoms with E-state index in [4.69, 9.17) is 4.74 Å². The summed E-state index contributed by atoms with van der Waals surface area (Å²) in [5.41, 5.74) is 2.35. The molecule has 0 saturated heterocycles. The Balaban J connectivity index is 1.83.